The van der Waals surface area contributed by atoms with E-state index >= 15 is 4.39 Å². The Kier molecular flexibility index (Phi) is 6.82. The van der Waals surface area contributed by atoms with E-state index in [2.05, 4.69) is 20.6 Å². The van der Waals surface area contributed by atoms with Gasteiger partial charge in [-0.1, -0.05) is 0 Å². The topological polar surface area (TPSA) is 76.6 Å². The van der Waals surface area contributed by atoms with Gasteiger partial charge in [-0.25, -0.2) is 27.5 Å². The van der Waals surface area contributed by atoms with Gasteiger partial charge < -0.3 is 25.3 Å². The maximum Gasteiger partial charge on any atom is 0.246 e. The number of hydrogen-bond donors (Lipinski definition) is 2. The Morgan fingerprint density at radius 2 is 1.74 bits per heavy atom. The van der Waals surface area contributed by atoms with Crippen molar-refractivity contribution in [1.82, 2.24) is 15.3 Å². The Morgan fingerprint density at radius 3 is 2.45 bits per heavy atom. The van der Waals surface area contributed by atoms with Gasteiger partial charge in [0.25, 0.3) is 0 Å². The van der Waals surface area contributed by atoms with Crippen LogP contribution in [-0.2, 0) is 4.79 Å². The van der Waals surface area contributed by atoms with Crippen LogP contribution >= 0.6 is 0 Å². The average molecular weight is 530 g/mol. The minimum absolute atomic E-state index is 0.00689. The van der Waals surface area contributed by atoms with Crippen LogP contribution in [-0.4, -0.2) is 61.7 Å². The third-order valence-corrected chi connectivity index (χ3v) is 6.63. The summed E-state index contributed by atoms with van der Waals surface area (Å²) in [6.45, 7) is 6.01. The summed E-state index contributed by atoms with van der Waals surface area (Å²) >= 11 is 0. The third-order valence-electron chi connectivity index (χ3n) is 6.63. The molecule has 2 aliphatic rings. The zero-order chi connectivity index (χ0) is 27.1. The fraction of sp³-hybridized carbons (Fsp3) is 0.346. The van der Waals surface area contributed by atoms with E-state index < -0.39 is 23.3 Å². The van der Waals surface area contributed by atoms with E-state index in [1.165, 1.54) is 28.0 Å². The van der Waals surface area contributed by atoms with E-state index in [1.54, 1.807) is 25.8 Å². The Balaban J connectivity index is 1.50. The molecule has 2 aromatic carbocycles. The zero-order valence-corrected chi connectivity index (χ0v) is 21.2. The summed E-state index contributed by atoms with van der Waals surface area (Å²) in [5, 5.41) is 5.75. The van der Waals surface area contributed by atoms with Gasteiger partial charge >= 0.3 is 0 Å². The molecule has 38 heavy (non-hydrogen) atoms. The number of fused-ring (bicyclic) bond motifs is 1. The number of amides is 1. The molecule has 1 saturated heterocycles. The quantitative estimate of drug-likeness (QED) is 0.483. The summed E-state index contributed by atoms with van der Waals surface area (Å²) in [4.78, 5) is 25.3. The lowest BCUT2D eigenvalue weighted by Crippen LogP contribution is -2.47. The number of carbonyl (C=O) groups is 1. The maximum absolute atomic E-state index is 15.2. The first-order valence-electron chi connectivity index (χ1n) is 12.3. The highest BCUT2D eigenvalue weighted by molar-refractivity contribution is 6.04. The molecular formula is C26H27F4N7O. The molecule has 12 heteroatoms. The summed E-state index contributed by atoms with van der Waals surface area (Å²) in [5.41, 5.74) is 0.239. The summed E-state index contributed by atoms with van der Waals surface area (Å²) in [6, 6.07) is 5.18. The molecule has 0 bridgehead atoms. The van der Waals surface area contributed by atoms with Crippen molar-refractivity contribution in [2.24, 2.45) is 0 Å². The predicted octanol–water partition coefficient (Wildman–Crippen LogP) is 4.04. The number of nitrogens with one attached hydrogen (secondary N) is 2. The predicted molar refractivity (Wildman–Crippen MR) is 138 cm³/mol. The highest BCUT2D eigenvalue weighted by Crippen LogP contribution is 2.40. The largest absolute Gasteiger partial charge is 0.367 e. The minimum Gasteiger partial charge on any atom is -0.367 e. The maximum atomic E-state index is 15.2. The number of rotatable bonds is 5. The van der Waals surface area contributed by atoms with Crippen molar-refractivity contribution in [2.45, 2.75) is 19.9 Å². The van der Waals surface area contributed by atoms with Crippen molar-refractivity contribution in [1.29, 1.82) is 0 Å². The van der Waals surface area contributed by atoms with Gasteiger partial charge in [0.2, 0.25) is 11.9 Å². The number of carbonyl (C=O) groups excluding carboxylic acids is 1. The van der Waals surface area contributed by atoms with Crippen molar-refractivity contribution in [2.75, 3.05) is 59.8 Å². The van der Waals surface area contributed by atoms with Crippen LogP contribution in [0.2, 0.25) is 0 Å². The van der Waals surface area contributed by atoms with E-state index in [-0.39, 0.29) is 58.4 Å². The van der Waals surface area contributed by atoms with Gasteiger partial charge in [0.05, 0.1) is 35.5 Å². The second-order valence-electron chi connectivity index (χ2n) is 9.55. The van der Waals surface area contributed by atoms with Gasteiger partial charge in [-0.3, -0.25) is 4.79 Å². The molecule has 0 aliphatic carbocycles. The number of benzene rings is 2. The Bertz CT molecular complexity index is 1390. The first-order chi connectivity index (χ1) is 18.2. The van der Waals surface area contributed by atoms with Gasteiger partial charge in [0.1, 0.15) is 11.5 Å². The Hall–Kier alpha value is -3.93. The highest BCUT2D eigenvalue weighted by atomic mass is 19.2. The fourth-order valence-electron chi connectivity index (χ4n) is 4.88. The molecule has 1 amide bonds. The molecule has 5 rings (SSSR count). The molecule has 0 radical (unpaired) electrons. The third kappa shape index (κ3) is 4.60. The number of piperazine rings is 1. The molecule has 2 aliphatic heterocycles. The van der Waals surface area contributed by atoms with Crippen LogP contribution in [0.5, 0.6) is 0 Å². The van der Waals surface area contributed by atoms with Gasteiger partial charge in [-0.05, 0) is 38.1 Å². The number of halogens is 4. The van der Waals surface area contributed by atoms with Crippen molar-refractivity contribution < 1.29 is 22.4 Å². The lowest BCUT2D eigenvalue weighted by molar-refractivity contribution is -0.117. The van der Waals surface area contributed by atoms with Crippen molar-refractivity contribution >= 4 is 34.6 Å². The molecule has 2 N–H and O–H groups in total. The monoisotopic (exact) mass is 529 g/mol. The number of likely N-dealkylation sites (N-methyl/N-ethyl adjacent to an activating group) is 1. The Morgan fingerprint density at radius 1 is 1.00 bits per heavy atom. The normalized spacial score (nSPS) is 15.8. The number of nitrogens with zero attached hydrogens (tertiary/aromatic N) is 5. The summed E-state index contributed by atoms with van der Waals surface area (Å²) in [6.07, 6.45) is 0.864. The lowest BCUT2D eigenvalue weighted by Gasteiger charge is -2.38. The summed E-state index contributed by atoms with van der Waals surface area (Å²) in [7, 11) is 1.60. The second-order valence-corrected chi connectivity index (χ2v) is 9.55. The Labute approximate surface area is 217 Å². The number of hydrogen-bond acceptors (Lipinski definition) is 7. The summed E-state index contributed by atoms with van der Waals surface area (Å²) in [5.74, 6) is -4.06. The van der Waals surface area contributed by atoms with Crippen molar-refractivity contribution in [3.8, 4) is 11.3 Å². The zero-order valence-electron chi connectivity index (χ0n) is 21.2. The average Bonchev–Trinajstić information content (AvgIpc) is 2.87. The highest BCUT2D eigenvalue weighted by Gasteiger charge is 2.32. The number of aromatic nitrogens is 2. The van der Waals surface area contributed by atoms with Crippen LogP contribution in [0.1, 0.15) is 13.8 Å². The molecule has 3 heterocycles. The van der Waals surface area contributed by atoms with Crippen LogP contribution in [0.4, 0.5) is 46.3 Å². The van der Waals surface area contributed by atoms with Crippen molar-refractivity contribution in [3.63, 3.8) is 0 Å². The van der Waals surface area contributed by atoms with Gasteiger partial charge in [-0.15, -0.1) is 0 Å². The van der Waals surface area contributed by atoms with E-state index in [9.17, 15) is 18.0 Å². The molecule has 0 atom stereocenters. The fourth-order valence-corrected chi connectivity index (χ4v) is 4.88. The molecule has 1 fully saturated rings. The van der Waals surface area contributed by atoms with Crippen molar-refractivity contribution in [3.05, 3.63) is 53.7 Å². The standard InChI is InChI=1S/C26H27F4N7O/c1-14(2)37-20-11-15(10-16(27)25(20)35(3)13-21(37)38)24-17(28)12-32-26(34-24)33-18-4-5-19(23(30)22(18)29)36-8-6-31-7-9-36/h4-5,10-12,14,31H,6-9,13H2,1-3H3,(H,32,33,34). The molecule has 1 aromatic heterocycles. The smallest absolute Gasteiger partial charge is 0.246 e. The van der Waals surface area contributed by atoms with Crippen LogP contribution in [0.15, 0.2) is 30.5 Å². The van der Waals surface area contributed by atoms with Gasteiger partial charge in [0, 0.05) is 44.8 Å². The summed E-state index contributed by atoms with van der Waals surface area (Å²) < 4.78 is 59.9. The van der Waals surface area contributed by atoms with Crippen LogP contribution in [0.3, 0.4) is 0 Å². The molecule has 8 nitrogen and oxygen atoms in total. The van der Waals surface area contributed by atoms with Crippen LogP contribution < -0.4 is 25.3 Å². The lowest BCUT2D eigenvalue weighted by atomic mass is 10.0. The molecule has 3 aromatic rings. The van der Waals surface area contributed by atoms with Gasteiger partial charge in [0.15, 0.2) is 17.5 Å². The van der Waals surface area contributed by atoms with E-state index in [0.717, 1.165) is 12.3 Å². The molecular weight excluding hydrogens is 502 g/mol. The molecule has 0 saturated carbocycles. The van der Waals surface area contributed by atoms with Gasteiger partial charge in [-0.2, -0.15) is 0 Å². The van der Waals surface area contributed by atoms with Crippen LogP contribution in [0.25, 0.3) is 11.3 Å². The number of anilines is 5. The first kappa shape index (κ1) is 25.7. The SMILES string of the molecule is CC(C)N1C(=O)CN(C)c2c(F)cc(-c3nc(Nc4ccc(N5CCNCC5)c(F)c4F)ncc3F)cc21. The first-order valence-corrected chi connectivity index (χ1v) is 12.3. The molecule has 0 spiro atoms. The van der Waals surface area contributed by atoms with E-state index in [4.69, 9.17) is 0 Å². The van der Waals surface area contributed by atoms with Crippen LogP contribution in [0, 0.1) is 23.3 Å². The van der Waals surface area contributed by atoms with E-state index in [0.29, 0.717) is 26.2 Å². The minimum atomic E-state index is -1.12. The molecule has 0 unspecified atom stereocenters. The molecule has 200 valence electrons. The second kappa shape index (κ2) is 10.1. The van der Waals surface area contributed by atoms with E-state index in [1.807, 2.05) is 0 Å².